The second-order valence-corrected chi connectivity index (χ2v) is 16.5. The fourth-order valence-corrected chi connectivity index (χ4v) is 8.88. The summed E-state index contributed by atoms with van der Waals surface area (Å²) < 4.78 is 6.25. The Morgan fingerprint density at radius 1 is 1.00 bits per heavy atom. The highest BCUT2D eigenvalue weighted by Gasteiger charge is 2.36. The smallest absolute Gasteiger partial charge is 0.306 e. The zero-order chi connectivity index (χ0) is 38.5. The Balaban J connectivity index is 1.49. The Hall–Kier alpha value is -3.35. The van der Waals surface area contributed by atoms with Gasteiger partial charge in [0.2, 0.25) is 11.8 Å². The number of carbonyl (C=O) groups is 4. The minimum atomic E-state index is -0.907. The number of rotatable bonds is 19. The third kappa shape index (κ3) is 12.6. The zero-order valence-electron chi connectivity index (χ0n) is 32.7. The van der Waals surface area contributed by atoms with E-state index in [1.165, 1.54) is 17.8 Å². The normalized spacial score (nSPS) is 19.9. The molecule has 1 aliphatic carbocycles. The predicted octanol–water partition coefficient (Wildman–Crippen LogP) is 6.49. The zero-order valence-corrected chi connectivity index (χ0v) is 33.5. The van der Waals surface area contributed by atoms with Gasteiger partial charge < -0.3 is 25.4 Å². The number of hydrogen-bond acceptors (Lipinski definition) is 8. The molecule has 0 spiro atoms. The van der Waals surface area contributed by atoms with E-state index in [0.717, 1.165) is 57.1 Å². The van der Waals surface area contributed by atoms with Crippen molar-refractivity contribution in [2.24, 2.45) is 17.8 Å². The van der Waals surface area contributed by atoms with Crippen molar-refractivity contribution in [3.05, 3.63) is 52.0 Å². The predicted molar refractivity (Wildman–Crippen MR) is 209 cm³/mol. The van der Waals surface area contributed by atoms with E-state index in [1.807, 2.05) is 56.3 Å². The van der Waals surface area contributed by atoms with Crippen LogP contribution < -0.4 is 10.6 Å². The number of ether oxygens (including phenoxy) is 1. The fourth-order valence-electron chi connectivity index (χ4n) is 8.02. The summed E-state index contributed by atoms with van der Waals surface area (Å²) in [5, 5.41) is 18.2. The first-order valence-corrected chi connectivity index (χ1v) is 20.7. The van der Waals surface area contributed by atoms with Gasteiger partial charge in [0.05, 0.1) is 12.0 Å². The van der Waals surface area contributed by atoms with Crippen LogP contribution >= 0.6 is 11.3 Å². The summed E-state index contributed by atoms with van der Waals surface area (Å²) in [5.41, 5.74) is 1.26. The third-order valence-electron chi connectivity index (χ3n) is 11.2. The Morgan fingerprint density at radius 3 is 2.34 bits per heavy atom. The summed E-state index contributed by atoms with van der Waals surface area (Å²) >= 11 is 1.35. The minimum absolute atomic E-state index is 0.0555. The highest BCUT2D eigenvalue weighted by molar-refractivity contribution is 7.09. The first kappa shape index (κ1) is 42.4. The second-order valence-electron chi connectivity index (χ2n) is 15.6. The van der Waals surface area contributed by atoms with E-state index >= 15 is 0 Å². The maximum absolute atomic E-state index is 14.4. The number of aromatic nitrogens is 1. The van der Waals surface area contributed by atoms with Crippen molar-refractivity contribution in [1.82, 2.24) is 25.4 Å². The number of carboxylic acid groups (broad SMARTS) is 1. The molecule has 53 heavy (non-hydrogen) atoms. The summed E-state index contributed by atoms with van der Waals surface area (Å²) in [4.78, 5) is 61.9. The van der Waals surface area contributed by atoms with Crippen LogP contribution in [0.25, 0.3) is 0 Å². The number of carboxylic acids is 1. The van der Waals surface area contributed by atoms with Crippen LogP contribution in [-0.2, 0) is 25.5 Å². The fraction of sp³-hybridized carbons (Fsp3) is 0.683. The van der Waals surface area contributed by atoms with Crippen molar-refractivity contribution in [1.29, 1.82) is 0 Å². The van der Waals surface area contributed by atoms with Crippen molar-refractivity contribution in [3.63, 3.8) is 0 Å². The van der Waals surface area contributed by atoms with Gasteiger partial charge in [-0.05, 0) is 70.0 Å². The van der Waals surface area contributed by atoms with E-state index in [2.05, 4.69) is 29.4 Å². The van der Waals surface area contributed by atoms with E-state index < -0.39 is 30.1 Å². The van der Waals surface area contributed by atoms with Gasteiger partial charge in [0.15, 0.2) is 0 Å². The first-order chi connectivity index (χ1) is 25.4. The van der Waals surface area contributed by atoms with Gasteiger partial charge in [0.25, 0.3) is 5.91 Å². The molecule has 4 rings (SSSR count). The van der Waals surface area contributed by atoms with E-state index in [9.17, 15) is 24.3 Å². The molecule has 12 heteroatoms. The molecule has 3 N–H and O–H groups in total. The van der Waals surface area contributed by atoms with Crippen LogP contribution in [0.2, 0.25) is 0 Å². The lowest BCUT2D eigenvalue weighted by Crippen LogP contribution is -2.56. The van der Waals surface area contributed by atoms with Crippen molar-refractivity contribution in [2.45, 2.75) is 135 Å². The Bertz CT molecular complexity index is 1460. The molecule has 6 atom stereocenters. The van der Waals surface area contributed by atoms with Crippen molar-refractivity contribution >= 4 is 35.0 Å². The molecule has 3 amide bonds. The van der Waals surface area contributed by atoms with Crippen LogP contribution in [0.3, 0.4) is 0 Å². The lowest BCUT2D eigenvalue weighted by atomic mass is 9.84. The van der Waals surface area contributed by atoms with Crippen LogP contribution in [0.1, 0.15) is 125 Å². The molecule has 2 fully saturated rings. The SMILES string of the molecule is CCO[C@H](C[C@H](C(C)C)N(C)C(=O)[C@H](CC1CCCCC1)NC(=O)[C@H]1CCCCN1C)c1nc(C(=O)N[C@@H](Cc2ccccc2)C[C@H](C)C(=O)O)cs1. The number of thiazole rings is 1. The first-order valence-electron chi connectivity index (χ1n) is 19.8. The van der Waals surface area contributed by atoms with Gasteiger partial charge in [-0.2, -0.15) is 0 Å². The molecule has 0 unspecified atom stereocenters. The Kier molecular flexibility index (Phi) is 16.7. The lowest BCUT2D eigenvalue weighted by molar-refractivity contribution is -0.141. The number of aliphatic carboxylic acids is 1. The number of likely N-dealkylation sites (N-methyl/N-ethyl adjacent to an activating group) is 2. The molecule has 11 nitrogen and oxygen atoms in total. The lowest BCUT2D eigenvalue weighted by Gasteiger charge is -2.38. The molecule has 294 valence electrons. The molecule has 0 bridgehead atoms. The quantitative estimate of drug-likeness (QED) is 0.148. The molecule has 1 saturated carbocycles. The van der Waals surface area contributed by atoms with Crippen LogP contribution in [0.15, 0.2) is 35.7 Å². The van der Waals surface area contributed by atoms with E-state index in [1.54, 1.807) is 12.3 Å². The van der Waals surface area contributed by atoms with Gasteiger partial charge in [0.1, 0.15) is 22.8 Å². The number of hydrogen-bond donors (Lipinski definition) is 3. The molecule has 1 aromatic carbocycles. The van der Waals surface area contributed by atoms with E-state index in [0.29, 0.717) is 36.8 Å². The molecule has 2 aromatic rings. The van der Waals surface area contributed by atoms with Gasteiger partial charge >= 0.3 is 5.97 Å². The van der Waals surface area contributed by atoms with Gasteiger partial charge in [-0.3, -0.25) is 24.1 Å². The largest absolute Gasteiger partial charge is 0.481 e. The second kappa shape index (κ2) is 20.9. The van der Waals surface area contributed by atoms with E-state index in [-0.39, 0.29) is 47.8 Å². The summed E-state index contributed by atoms with van der Waals surface area (Å²) in [5.74, 6) is -1.54. The molecular weight excluding hydrogens is 691 g/mol. The maximum Gasteiger partial charge on any atom is 0.306 e. The highest BCUT2D eigenvalue weighted by atomic mass is 32.1. The van der Waals surface area contributed by atoms with Gasteiger partial charge in [-0.15, -0.1) is 11.3 Å². The number of likely N-dealkylation sites (tertiary alicyclic amines) is 1. The molecule has 2 aliphatic rings. The molecule has 0 radical (unpaired) electrons. The number of nitrogens with one attached hydrogen (secondary N) is 2. The van der Waals surface area contributed by atoms with Crippen LogP contribution in [0, 0.1) is 17.8 Å². The van der Waals surface area contributed by atoms with Crippen LogP contribution in [0.4, 0.5) is 0 Å². The number of nitrogens with zero attached hydrogens (tertiary/aromatic N) is 3. The number of amides is 3. The number of carbonyl (C=O) groups excluding carboxylic acids is 3. The highest BCUT2D eigenvalue weighted by Crippen LogP contribution is 2.32. The summed E-state index contributed by atoms with van der Waals surface area (Å²) in [6, 6.07) is 8.28. The summed E-state index contributed by atoms with van der Waals surface area (Å²) in [7, 11) is 3.83. The van der Waals surface area contributed by atoms with Crippen molar-refractivity contribution in [3.8, 4) is 0 Å². The van der Waals surface area contributed by atoms with E-state index in [4.69, 9.17) is 9.72 Å². The molecular formula is C41H63N5O6S. The third-order valence-corrected chi connectivity index (χ3v) is 12.1. The number of benzene rings is 1. The average molecular weight is 754 g/mol. The molecule has 2 heterocycles. The summed E-state index contributed by atoms with van der Waals surface area (Å²) in [6.45, 7) is 9.06. The molecule has 1 aromatic heterocycles. The number of piperidine rings is 1. The summed E-state index contributed by atoms with van der Waals surface area (Å²) in [6.07, 6.45) is 10.0. The van der Waals surface area contributed by atoms with Gasteiger partial charge in [-0.1, -0.05) is 89.6 Å². The van der Waals surface area contributed by atoms with Gasteiger partial charge in [-0.25, -0.2) is 4.98 Å². The Labute approximate surface area is 320 Å². The van der Waals surface area contributed by atoms with Gasteiger partial charge in [0, 0.05) is 37.5 Å². The topological polar surface area (TPSA) is 141 Å². The van der Waals surface area contributed by atoms with Crippen molar-refractivity contribution < 1.29 is 29.0 Å². The van der Waals surface area contributed by atoms with Crippen LogP contribution in [0.5, 0.6) is 0 Å². The standard InChI is InChI=1S/C41H63N5O6S/c1-7-52-36(39-44-33(26-53-39)37(47)42-31(22-28(4)41(50)51)23-29-16-10-8-11-17-29)25-35(27(2)3)46(6)40(49)32(24-30-18-12-9-13-19-30)43-38(48)34-20-14-15-21-45(34)5/h8,10-11,16-17,26-28,30-32,34-36H,7,9,12-15,18-25H2,1-6H3,(H,42,47)(H,43,48)(H,50,51)/t28-,31+,32-,34+,35+,36+/m0/s1. The monoisotopic (exact) mass is 753 g/mol. The van der Waals surface area contributed by atoms with Crippen LogP contribution in [-0.4, -0.2) is 95.0 Å². The minimum Gasteiger partial charge on any atom is -0.481 e. The van der Waals surface area contributed by atoms with Crippen molar-refractivity contribution in [2.75, 3.05) is 27.2 Å². The average Bonchev–Trinajstić information content (AvgIpc) is 3.64. The molecule has 1 saturated heterocycles. The Morgan fingerprint density at radius 2 is 1.70 bits per heavy atom. The maximum atomic E-state index is 14.4. The molecule has 1 aliphatic heterocycles.